The summed E-state index contributed by atoms with van der Waals surface area (Å²) in [7, 11) is 0. The van der Waals surface area contributed by atoms with Gasteiger partial charge in [-0.25, -0.2) is 15.0 Å². The van der Waals surface area contributed by atoms with E-state index in [1.54, 1.807) is 12.4 Å². The molecule has 0 aliphatic carbocycles. The van der Waals surface area contributed by atoms with Crippen molar-refractivity contribution in [3.05, 3.63) is 30.0 Å². The highest BCUT2D eigenvalue weighted by atomic mass is 16.5. The van der Waals surface area contributed by atoms with Gasteiger partial charge in [-0.3, -0.25) is 4.79 Å². The zero-order valence-corrected chi connectivity index (χ0v) is 14.4. The fraction of sp³-hybridized carbons (Fsp3) is 0.556. The summed E-state index contributed by atoms with van der Waals surface area (Å²) >= 11 is 0. The van der Waals surface area contributed by atoms with Gasteiger partial charge in [0.25, 0.3) is 0 Å². The number of H-pyrrole nitrogens is 1. The Morgan fingerprint density at radius 2 is 2.12 bits per heavy atom. The number of carbonyl (C=O) groups excluding carboxylic acids is 1. The maximum absolute atomic E-state index is 12.7. The van der Waals surface area contributed by atoms with Gasteiger partial charge in [0.15, 0.2) is 5.82 Å². The minimum atomic E-state index is 0.123. The van der Waals surface area contributed by atoms with Gasteiger partial charge in [0.2, 0.25) is 5.91 Å². The van der Waals surface area contributed by atoms with Crippen molar-refractivity contribution in [2.24, 2.45) is 5.92 Å². The molecule has 7 nitrogen and oxygen atoms in total. The van der Waals surface area contributed by atoms with Gasteiger partial charge in [-0.1, -0.05) is 0 Å². The number of imidazole rings is 1. The molecule has 0 saturated carbocycles. The van der Waals surface area contributed by atoms with Gasteiger partial charge in [0.05, 0.1) is 0 Å². The summed E-state index contributed by atoms with van der Waals surface area (Å²) in [4.78, 5) is 31.2. The Balaban J connectivity index is 1.49. The molecule has 1 atom stereocenters. The minimum absolute atomic E-state index is 0.123. The molecule has 1 unspecified atom stereocenters. The Kier molecular flexibility index (Phi) is 4.48. The van der Waals surface area contributed by atoms with E-state index in [-0.39, 0.29) is 17.7 Å². The number of aromatic nitrogens is 4. The second kappa shape index (κ2) is 6.92. The molecule has 4 heterocycles. The molecule has 4 rings (SSSR count). The molecule has 2 aliphatic rings. The Morgan fingerprint density at radius 1 is 1.28 bits per heavy atom. The van der Waals surface area contributed by atoms with Crippen molar-refractivity contribution in [2.45, 2.75) is 32.1 Å². The maximum atomic E-state index is 12.7. The van der Waals surface area contributed by atoms with E-state index in [0.717, 1.165) is 55.4 Å². The predicted molar refractivity (Wildman–Crippen MR) is 91.8 cm³/mol. The van der Waals surface area contributed by atoms with E-state index >= 15 is 0 Å². The van der Waals surface area contributed by atoms with Crippen LogP contribution in [0.4, 0.5) is 0 Å². The van der Waals surface area contributed by atoms with Crippen molar-refractivity contribution in [1.29, 1.82) is 0 Å². The zero-order valence-electron chi connectivity index (χ0n) is 14.4. The van der Waals surface area contributed by atoms with Crippen LogP contribution < -0.4 is 0 Å². The second-order valence-electron chi connectivity index (χ2n) is 6.82. The number of nitrogens with one attached hydrogen (secondary N) is 1. The summed E-state index contributed by atoms with van der Waals surface area (Å²) in [6.07, 6.45) is 6.14. The van der Waals surface area contributed by atoms with E-state index in [0.29, 0.717) is 13.2 Å². The molecule has 0 radical (unpaired) electrons. The summed E-state index contributed by atoms with van der Waals surface area (Å²) in [6, 6.07) is 2.00. The summed E-state index contributed by atoms with van der Waals surface area (Å²) in [5.74, 6) is 2.15. The molecule has 0 bridgehead atoms. The highest BCUT2D eigenvalue weighted by Gasteiger charge is 2.33. The number of nitrogens with zero attached hydrogens (tertiary/aromatic N) is 4. The molecule has 0 spiro atoms. The van der Waals surface area contributed by atoms with Crippen molar-refractivity contribution >= 4 is 5.91 Å². The van der Waals surface area contributed by atoms with Crippen molar-refractivity contribution in [3.63, 3.8) is 0 Å². The van der Waals surface area contributed by atoms with Crippen LogP contribution in [0.5, 0.6) is 0 Å². The zero-order chi connectivity index (χ0) is 17.2. The van der Waals surface area contributed by atoms with Crippen molar-refractivity contribution in [2.75, 3.05) is 26.3 Å². The van der Waals surface area contributed by atoms with Crippen LogP contribution in [0.15, 0.2) is 18.5 Å². The van der Waals surface area contributed by atoms with Crippen LogP contribution in [0.2, 0.25) is 0 Å². The molecule has 0 aromatic carbocycles. The van der Waals surface area contributed by atoms with Crippen LogP contribution in [0.1, 0.15) is 36.7 Å². The standard InChI is InChI=1S/C18H23N5O2/c1-12-21-15(10-16(22-12)17-19-5-6-20-17)14-2-7-23(11-14)18(24)13-3-8-25-9-4-13/h5-6,10,13-14H,2-4,7-9,11H2,1H3,(H,19,20). The molecule has 132 valence electrons. The van der Waals surface area contributed by atoms with Crippen LogP contribution in [0.3, 0.4) is 0 Å². The Morgan fingerprint density at radius 3 is 2.88 bits per heavy atom. The lowest BCUT2D eigenvalue weighted by Crippen LogP contribution is -2.37. The quantitative estimate of drug-likeness (QED) is 0.922. The number of aryl methyl sites for hydroxylation is 1. The van der Waals surface area contributed by atoms with Gasteiger partial charge < -0.3 is 14.6 Å². The average molecular weight is 341 g/mol. The largest absolute Gasteiger partial charge is 0.381 e. The lowest BCUT2D eigenvalue weighted by Gasteiger charge is -2.26. The number of ether oxygens (including phenoxy) is 1. The molecule has 2 saturated heterocycles. The first-order valence-electron chi connectivity index (χ1n) is 8.92. The van der Waals surface area contributed by atoms with Gasteiger partial charge in [-0.15, -0.1) is 0 Å². The first kappa shape index (κ1) is 16.2. The maximum Gasteiger partial charge on any atom is 0.225 e. The third kappa shape index (κ3) is 3.42. The van der Waals surface area contributed by atoms with Crippen LogP contribution in [-0.4, -0.2) is 57.0 Å². The predicted octanol–water partition coefficient (Wildman–Crippen LogP) is 1.92. The first-order valence-corrected chi connectivity index (χ1v) is 8.92. The SMILES string of the molecule is Cc1nc(-c2ncc[nH]2)cc(C2CCN(C(=O)C3CCOCC3)C2)n1. The number of rotatable bonds is 3. The Bertz CT molecular complexity index is 740. The van der Waals surface area contributed by atoms with Crippen molar-refractivity contribution in [3.8, 4) is 11.5 Å². The van der Waals surface area contributed by atoms with Gasteiger partial charge in [-0.2, -0.15) is 0 Å². The highest BCUT2D eigenvalue weighted by molar-refractivity contribution is 5.79. The van der Waals surface area contributed by atoms with E-state index in [1.165, 1.54) is 0 Å². The smallest absolute Gasteiger partial charge is 0.225 e. The molecule has 1 N–H and O–H groups in total. The summed E-state index contributed by atoms with van der Waals surface area (Å²) < 4.78 is 5.37. The number of hydrogen-bond donors (Lipinski definition) is 1. The lowest BCUT2D eigenvalue weighted by atomic mass is 9.98. The van der Waals surface area contributed by atoms with Crippen LogP contribution in [-0.2, 0) is 9.53 Å². The van der Waals surface area contributed by atoms with Crippen LogP contribution >= 0.6 is 0 Å². The topological polar surface area (TPSA) is 84.0 Å². The molecule has 25 heavy (non-hydrogen) atoms. The molecule has 2 aromatic rings. The number of likely N-dealkylation sites (tertiary alicyclic amines) is 1. The van der Waals surface area contributed by atoms with Gasteiger partial charge in [-0.05, 0) is 32.3 Å². The molecule has 2 fully saturated rings. The van der Waals surface area contributed by atoms with Gasteiger partial charge in [0.1, 0.15) is 11.5 Å². The monoisotopic (exact) mass is 341 g/mol. The van der Waals surface area contributed by atoms with E-state index < -0.39 is 0 Å². The number of amides is 1. The third-order valence-electron chi connectivity index (χ3n) is 5.09. The summed E-state index contributed by atoms with van der Waals surface area (Å²) in [5, 5.41) is 0. The summed E-state index contributed by atoms with van der Waals surface area (Å²) in [5.41, 5.74) is 1.81. The first-order chi connectivity index (χ1) is 12.2. The normalized spacial score (nSPS) is 21.6. The molecule has 7 heteroatoms. The van der Waals surface area contributed by atoms with Crippen molar-refractivity contribution in [1.82, 2.24) is 24.8 Å². The Labute approximate surface area is 146 Å². The molecular weight excluding hydrogens is 318 g/mol. The third-order valence-corrected chi connectivity index (χ3v) is 5.09. The second-order valence-corrected chi connectivity index (χ2v) is 6.82. The molecule has 1 amide bonds. The van der Waals surface area contributed by atoms with E-state index in [9.17, 15) is 4.79 Å². The van der Waals surface area contributed by atoms with E-state index in [4.69, 9.17) is 4.74 Å². The van der Waals surface area contributed by atoms with E-state index in [2.05, 4.69) is 19.9 Å². The van der Waals surface area contributed by atoms with Gasteiger partial charge in [0, 0.05) is 56.2 Å². The van der Waals surface area contributed by atoms with E-state index in [1.807, 2.05) is 17.9 Å². The number of aromatic amines is 1. The number of carbonyl (C=O) groups is 1. The number of hydrogen-bond acceptors (Lipinski definition) is 5. The lowest BCUT2D eigenvalue weighted by molar-refractivity contribution is -0.137. The minimum Gasteiger partial charge on any atom is -0.381 e. The molecule has 2 aromatic heterocycles. The van der Waals surface area contributed by atoms with Crippen molar-refractivity contribution < 1.29 is 9.53 Å². The summed E-state index contributed by atoms with van der Waals surface area (Å²) in [6.45, 7) is 4.84. The van der Waals surface area contributed by atoms with Crippen LogP contribution in [0.25, 0.3) is 11.5 Å². The molecular formula is C18H23N5O2. The Hall–Kier alpha value is -2.28. The van der Waals surface area contributed by atoms with Gasteiger partial charge >= 0.3 is 0 Å². The van der Waals surface area contributed by atoms with Crippen LogP contribution in [0, 0.1) is 12.8 Å². The highest BCUT2D eigenvalue weighted by Crippen LogP contribution is 2.30. The fourth-order valence-electron chi connectivity index (χ4n) is 3.73. The average Bonchev–Trinajstić information content (AvgIpc) is 3.33. The fourth-order valence-corrected chi connectivity index (χ4v) is 3.73. The molecule has 2 aliphatic heterocycles.